The first kappa shape index (κ1) is 13.8. The van der Waals surface area contributed by atoms with Gasteiger partial charge in [0.2, 0.25) is 0 Å². The van der Waals surface area contributed by atoms with Crippen LogP contribution in [0.15, 0.2) is 10.9 Å². The topological polar surface area (TPSA) is 62.0 Å². The zero-order valence-corrected chi connectivity index (χ0v) is 10.9. The van der Waals surface area contributed by atoms with E-state index in [0.29, 0.717) is 17.3 Å². The molecule has 0 saturated carbocycles. The number of aromatic amines is 1. The van der Waals surface area contributed by atoms with E-state index in [0.717, 1.165) is 19.3 Å². The molecule has 0 bridgehead atoms. The van der Waals surface area contributed by atoms with Gasteiger partial charge in [0, 0.05) is 12.2 Å². The molecule has 0 fully saturated rings. The Morgan fingerprint density at radius 1 is 1.47 bits per heavy atom. The van der Waals surface area contributed by atoms with Gasteiger partial charge in [0.05, 0.1) is 5.02 Å². The van der Waals surface area contributed by atoms with E-state index in [1.165, 1.54) is 6.07 Å². The van der Waals surface area contributed by atoms with Crippen LogP contribution < -0.4 is 10.9 Å². The molecular weight excluding hydrogens is 240 g/mol. The van der Waals surface area contributed by atoms with Crippen molar-refractivity contribution in [3.63, 3.8) is 0 Å². The van der Waals surface area contributed by atoms with Crippen LogP contribution in [0.3, 0.4) is 0 Å². The zero-order chi connectivity index (χ0) is 12.8. The maximum atomic E-state index is 11.7. The highest BCUT2D eigenvalue weighted by atomic mass is 35.5. The summed E-state index contributed by atoms with van der Waals surface area (Å²) in [6.07, 6.45) is 3.07. The van der Waals surface area contributed by atoms with E-state index in [-0.39, 0.29) is 11.5 Å². The Balaban J connectivity index is 2.69. The second kappa shape index (κ2) is 6.45. The molecule has 1 aromatic rings. The summed E-state index contributed by atoms with van der Waals surface area (Å²) in [5, 5.41) is 3.10. The molecule has 17 heavy (non-hydrogen) atoms. The molecule has 1 aromatic heterocycles. The van der Waals surface area contributed by atoms with Gasteiger partial charge in [0.25, 0.3) is 11.5 Å². The number of aromatic nitrogens is 1. The lowest BCUT2D eigenvalue weighted by atomic mass is 10.2. The Bertz CT molecular complexity index is 454. The van der Waals surface area contributed by atoms with E-state index in [1.54, 1.807) is 6.92 Å². The normalized spacial score (nSPS) is 10.3. The van der Waals surface area contributed by atoms with Gasteiger partial charge in [-0.25, -0.2) is 0 Å². The van der Waals surface area contributed by atoms with Gasteiger partial charge in [-0.3, -0.25) is 9.59 Å². The van der Waals surface area contributed by atoms with Crippen molar-refractivity contribution in [3.05, 3.63) is 32.7 Å². The fourth-order valence-corrected chi connectivity index (χ4v) is 1.60. The van der Waals surface area contributed by atoms with E-state index in [2.05, 4.69) is 17.2 Å². The summed E-state index contributed by atoms with van der Waals surface area (Å²) in [5.74, 6) is -0.371. The zero-order valence-electron chi connectivity index (χ0n) is 10.1. The largest absolute Gasteiger partial charge is 0.352 e. The first-order valence-corrected chi connectivity index (χ1v) is 6.11. The van der Waals surface area contributed by atoms with E-state index in [4.69, 9.17) is 11.6 Å². The summed E-state index contributed by atoms with van der Waals surface area (Å²) in [6.45, 7) is 4.36. The standard InChI is InChI=1S/C12H17ClN2O2/c1-3-4-5-6-14-11(16)9-7-10(13)8(2)15-12(9)17/h7H,3-6H2,1-2H3,(H,14,16)(H,15,17). The summed E-state index contributed by atoms with van der Waals surface area (Å²) in [7, 11) is 0. The summed E-state index contributed by atoms with van der Waals surface area (Å²) < 4.78 is 0. The molecule has 0 saturated heterocycles. The first-order chi connectivity index (χ1) is 8.06. The molecule has 0 aliphatic carbocycles. The van der Waals surface area contributed by atoms with Crippen LogP contribution in [-0.2, 0) is 0 Å². The summed E-state index contributed by atoms with van der Waals surface area (Å²) >= 11 is 5.86. The number of pyridine rings is 1. The van der Waals surface area contributed by atoms with Gasteiger partial charge < -0.3 is 10.3 Å². The predicted octanol–water partition coefficient (Wildman–Crippen LogP) is 2.26. The summed E-state index contributed by atoms with van der Waals surface area (Å²) in [6, 6.07) is 1.41. The number of nitrogens with one attached hydrogen (secondary N) is 2. The number of hydrogen-bond donors (Lipinski definition) is 2. The highest BCUT2D eigenvalue weighted by molar-refractivity contribution is 6.31. The number of halogens is 1. The molecule has 0 aliphatic rings. The number of unbranched alkanes of at least 4 members (excludes halogenated alkanes) is 2. The van der Waals surface area contributed by atoms with Gasteiger partial charge in [0.1, 0.15) is 5.56 Å². The minimum absolute atomic E-state index is 0.0668. The molecule has 1 rings (SSSR count). The lowest BCUT2D eigenvalue weighted by Crippen LogP contribution is -2.30. The molecule has 0 unspecified atom stereocenters. The van der Waals surface area contributed by atoms with Crippen LogP contribution in [0.1, 0.15) is 42.2 Å². The van der Waals surface area contributed by atoms with Crippen LogP contribution >= 0.6 is 11.6 Å². The molecular formula is C12H17ClN2O2. The van der Waals surface area contributed by atoms with Gasteiger partial charge in [-0.15, -0.1) is 0 Å². The highest BCUT2D eigenvalue weighted by Gasteiger charge is 2.11. The third kappa shape index (κ3) is 3.89. The Morgan fingerprint density at radius 3 is 2.82 bits per heavy atom. The van der Waals surface area contributed by atoms with Gasteiger partial charge in [-0.2, -0.15) is 0 Å². The van der Waals surface area contributed by atoms with Crippen molar-refractivity contribution in [2.24, 2.45) is 0 Å². The van der Waals surface area contributed by atoms with Crippen LogP contribution in [0.2, 0.25) is 5.02 Å². The van der Waals surface area contributed by atoms with Crippen molar-refractivity contribution >= 4 is 17.5 Å². The van der Waals surface area contributed by atoms with Crippen molar-refractivity contribution < 1.29 is 4.79 Å². The van der Waals surface area contributed by atoms with Crippen molar-refractivity contribution in [1.82, 2.24) is 10.3 Å². The van der Waals surface area contributed by atoms with Crippen LogP contribution in [0.25, 0.3) is 0 Å². The van der Waals surface area contributed by atoms with Crippen molar-refractivity contribution in [2.75, 3.05) is 6.54 Å². The fraction of sp³-hybridized carbons (Fsp3) is 0.500. The first-order valence-electron chi connectivity index (χ1n) is 5.74. The van der Waals surface area contributed by atoms with Crippen LogP contribution in [-0.4, -0.2) is 17.4 Å². The van der Waals surface area contributed by atoms with E-state index < -0.39 is 5.56 Å². The van der Waals surface area contributed by atoms with Gasteiger partial charge >= 0.3 is 0 Å². The number of carbonyl (C=O) groups is 1. The van der Waals surface area contributed by atoms with E-state index in [1.807, 2.05) is 0 Å². The Hall–Kier alpha value is -1.29. The lowest BCUT2D eigenvalue weighted by molar-refractivity contribution is 0.0951. The number of hydrogen-bond acceptors (Lipinski definition) is 2. The molecule has 0 aromatic carbocycles. The molecule has 2 N–H and O–H groups in total. The van der Waals surface area contributed by atoms with Crippen LogP contribution in [0.5, 0.6) is 0 Å². The quantitative estimate of drug-likeness (QED) is 0.794. The molecule has 0 aliphatic heterocycles. The Kier molecular flexibility index (Phi) is 5.22. The monoisotopic (exact) mass is 256 g/mol. The minimum Gasteiger partial charge on any atom is -0.352 e. The number of carbonyl (C=O) groups excluding carboxylic acids is 1. The number of H-pyrrole nitrogens is 1. The van der Waals surface area contributed by atoms with Gasteiger partial charge in [-0.05, 0) is 19.4 Å². The second-order valence-electron chi connectivity index (χ2n) is 3.95. The van der Waals surface area contributed by atoms with Crippen LogP contribution in [0, 0.1) is 6.92 Å². The summed E-state index contributed by atoms with van der Waals surface area (Å²) in [4.78, 5) is 25.8. The van der Waals surface area contributed by atoms with Gasteiger partial charge in [-0.1, -0.05) is 31.4 Å². The summed E-state index contributed by atoms with van der Waals surface area (Å²) in [5.41, 5.74) is 0.233. The molecule has 1 heterocycles. The van der Waals surface area contributed by atoms with Gasteiger partial charge in [0.15, 0.2) is 0 Å². The molecule has 94 valence electrons. The minimum atomic E-state index is -0.403. The van der Waals surface area contributed by atoms with Crippen molar-refractivity contribution in [2.45, 2.75) is 33.1 Å². The second-order valence-corrected chi connectivity index (χ2v) is 4.36. The number of amides is 1. The average molecular weight is 257 g/mol. The highest BCUT2D eigenvalue weighted by Crippen LogP contribution is 2.11. The SMILES string of the molecule is CCCCCNC(=O)c1cc(Cl)c(C)[nH]c1=O. The molecule has 0 radical (unpaired) electrons. The molecule has 0 atom stereocenters. The molecule has 5 heteroatoms. The maximum Gasteiger partial charge on any atom is 0.261 e. The Morgan fingerprint density at radius 2 is 2.18 bits per heavy atom. The Labute approximate surface area is 105 Å². The van der Waals surface area contributed by atoms with E-state index >= 15 is 0 Å². The predicted molar refractivity (Wildman–Crippen MR) is 68.7 cm³/mol. The maximum absolute atomic E-state index is 11.7. The lowest BCUT2D eigenvalue weighted by Gasteiger charge is -2.05. The van der Waals surface area contributed by atoms with Crippen molar-refractivity contribution in [3.8, 4) is 0 Å². The number of rotatable bonds is 5. The smallest absolute Gasteiger partial charge is 0.261 e. The third-order valence-electron chi connectivity index (χ3n) is 2.49. The average Bonchev–Trinajstić information content (AvgIpc) is 2.29. The van der Waals surface area contributed by atoms with Crippen LogP contribution in [0.4, 0.5) is 0 Å². The molecule has 1 amide bonds. The molecule has 4 nitrogen and oxygen atoms in total. The molecule has 0 spiro atoms. The van der Waals surface area contributed by atoms with E-state index in [9.17, 15) is 9.59 Å². The number of aryl methyl sites for hydroxylation is 1. The fourth-order valence-electron chi connectivity index (χ4n) is 1.44. The van der Waals surface area contributed by atoms with Crippen molar-refractivity contribution in [1.29, 1.82) is 0 Å². The third-order valence-corrected chi connectivity index (χ3v) is 2.88.